The van der Waals surface area contributed by atoms with Crippen molar-refractivity contribution in [1.29, 1.82) is 0 Å². The minimum atomic E-state index is -1.14. The lowest BCUT2D eigenvalue weighted by Gasteiger charge is -2.40. The first kappa shape index (κ1) is 22.3. The maximum atomic E-state index is 12.0. The van der Waals surface area contributed by atoms with Gasteiger partial charge in [0.2, 0.25) is 0 Å². The fourth-order valence-electron chi connectivity index (χ4n) is 4.11. The summed E-state index contributed by atoms with van der Waals surface area (Å²) in [6.07, 6.45) is 2.93. The van der Waals surface area contributed by atoms with Crippen LogP contribution >= 0.6 is 11.6 Å². The molecule has 0 aromatic heterocycles. The average molecular weight is 418 g/mol. The van der Waals surface area contributed by atoms with E-state index in [1.54, 1.807) is 7.11 Å². The van der Waals surface area contributed by atoms with Crippen LogP contribution in [-0.4, -0.2) is 44.6 Å². The number of morpholine rings is 1. The smallest absolute Gasteiger partial charge is 0.118 e. The molecule has 2 atom stereocenters. The molecule has 5 heteroatoms. The van der Waals surface area contributed by atoms with Gasteiger partial charge in [0.1, 0.15) is 11.7 Å². The van der Waals surface area contributed by atoms with Crippen LogP contribution in [0.15, 0.2) is 42.5 Å². The Balaban J connectivity index is 2.05. The van der Waals surface area contributed by atoms with Crippen molar-refractivity contribution >= 4 is 11.6 Å². The summed E-state index contributed by atoms with van der Waals surface area (Å²) in [6, 6.07) is 14.2. The van der Waals surface area contributed by atoms with Crippen molar-refractivity contribution < 1.29 is 14.6 Å². The standard InChI is InChI=1S/C24H32ClNO3/c1-3-18-8-6-9-19(16-18)23-20(10-7-11-21(23)25)24(27,12-4-5-14-28-2)22-17-26-13-15-29-22/h6-11,16,22,26-27H,3-5,12-15,17H2,1-2H3/t22-,24-/m1/s1. The third-order valence-electron chi connectivity index (χ3n) is 5.72. The van der Waals surface area contributed by atoms with Gasteiger partial charge in [0.25, 0.3) is 0 Å². The first-order valence-corrected chi connectivity index (χ1v) is 10.9. The number of ether oxygens (including phenoxy) is 2. The lowest BCUT2D eigenvalue weighted by Crippen LogP contribution is -2.51. The van der Waals surface area contributed by atoms with E-state index in [1.165, 1.54) is 5.56 Å². The fourth-order valence-corrected chi connectivity index (χ4v) is 4.39. The lowest BCUT2D eigenvalue weighted by atomic mass is 9.79. The van der Waals surface area contributed by atoms with Gasteiger partial charge in [-0.2, -0.15) is 0 Å². The highest BCUT2D eigenvalue weighted by molar-refractivity contribution is 6.33. The summed E-state index contributed by atoms with van der Waals surface area (Å²) in [6.45, 7) is 4.83. The van der Waals surface area contributed by atoms with Gasteiger partial charge in [-0.3, -0.25) is 0 Å². The Bertz CT molecular complexity index is 791. The number of methoxy groups -OCH3 is 1. The number of hydrogen-bond acceptors (Lipinski definition) is 4. The third kappa shape index (κ3) is 5.19. The molecule has 1 fully saturated rings. The Kier molecular flexibility index (Phi) is 8.10. The van der Waals surface area contributed by atoms with Gasteiger partial charge in [0.15, 0.2) is 0 Å². The number of benzene rings is 2. The van der Waals surface area contributed by atoms with Crippen LogP contribution in [0, 0.1) is 0 Å². The summed E-state index contributed by atoms with van der Waals surface area (Å²) in [7, 11) is 1.70. The second-order valence-corrected chi connectivity index (χ2v) is 8.06. The predicted octanol–water partition coefficient (Wildman–Crippen LogP) is 4.56. The normalized spacial score (nSPS) is 19.1. The number of nitrogens with one attached hydrogen (secondary N) is 1. The zero-order valence-corrected chi connectivity index (χ0v) is 18.2. The van der Waals surface area contributed by atoms with E-state index < -0.39 is 5.60 Å². The Labute approximate surface area is 179 Å². The highest BCUT2D eigenvalue weighted by atomic mass is 35.5. The van der Waals surface area contributed by atoms with E-state index >= 15 is 0 Å². The van der Waals surface area contributed by atoms with Gasteiger partial charge in [-0.15, -0.1) is 0 Å². The Morgan fingerprint density at radius 1 is 1.24 bits per heavy atom. The van der Waals surface area contributed by atoms with Gasteiger partial charge in [-0.25, -0.2) is 0 Å². The molecule has 3 rings (SSSR count). The Hall–Kier alpha value is -1.43. The van der Waals surface area contributed by atoms with Crippen molar-refractivity contribution in [2.75, 3.05) is 33.4 Å². The zero-order chi connectivity index (χ0) is 20.7. The van der Waals surface area contributed by atoms with Gasteiger partial charge in [0, 0.05) is 37.4 Å². The van der Waals surface area contributed by atoms with Crippen LogP contribution in [0.4, 0.5) is 0 Å². The van der Waals surface area contributed by atoms with Crippen LogP contribution in [0.3, 0.4) is 0 Å². The van der Waals surface area contributed by atoms with Crippen LogP contribution in [0.2, 0.25) is 5.02 Å². The quantitative estimate of drug-likeness (QED) is 0.587. The second-order valence-electron chi connectivity index (χ2n) is 7.65. The molecule has 1 aliphatic rings. The SMILES string of the molecule is CCc1cccc(-c2c(Cl)cccc2[C@](O)(CCCCOC)[C@H]2CNCCO2)c1. The zero-order valence-electron chi connectivity index (χ0n) is 17.4. The minimum Gasteiger partial charge on any atom is -0.385 e. The van der Waals surface area contributed by atoms with Crippen LogP contribution in [0.25, 0.3) is 11.1 Å². The summed E-state index contributed by atoms with van der Waals surface area (Å²) >= 11 is 6.70. The summed E-state index contributed by atoms with van der Waals surface area (Å²) < 4.78 is 11.2. The summed E-state index contributed by atoms with van der Waals surface area (Å²) in [5, 5.41) is 16.0. The molecule has 1 saturated heterocycles. The summed E-state index contributed by atoms with van der Waals surface area (Å²) in [4.78, 5) is 0. The van der Waals surface area contributed by atoms with Crippen LogP contribution in [0.5, 0.6) is 0 Å². The van der Waals surface area contributed by atoms with Crippen molar-refractivity contribution in [1.82, 2.24) is 5.32 Å². The monoisotopic (exact) mass is 417 g/mol. The molecule has 2 aromatic carbocycles. The number of hydrogen-bond donors (Lipinski definition) is 2. The summed E-state index contributed by atoms with van der Waals surface area (Å²) in [5.41, 5.74) is 2.87. The molecule has 1 aliphatic heterocycles. The van der Waals surface area contributed by atoms with E-state index in [0.717, 1.165) is 42.5 Å². The highest BCUT2D eigenvalue weighted by Gasteiger charge is 2.41. The minimum absolute atomic E-state index is 0.328. The highest BCUT2D eigenvalue weighted by Crippen LogP contribution is 2.42. The third-order valence-corrected chi connectivity index (χ3v) is 6.04. The fraction of sp³-hybridized carbons (Fsp3) is 0.500. The van der Waals surface area contributed by atoms with Crippen LogP contribution < -0.4 is 5.32 Å². The number of halogens is 1. The Morgan fingerprint density at radius 2 is 2.07 bits per heavy atom. The van der Waals surface area contributed by atoms with Gasteiger partial charge in [0.05, 0.1) is 6.61 Å². The second kappa shape index (κ2) is 10.6. The molecule has 0 spiro atoms. The molecular formula is C24H32ClNO3. The molecule has 4 nitrogen and oxygen atoms in total. The molecule has 2 aromatic rings. The van der Waals surface area contributed by atoms with Gasteiger partial charge in [-0.05, 0) is 48.4 Å². The topological polar surface area (TPSA) is 50.7 Å². The molecule has 0 amide bonds. The number of aliphatic hydroxyl groups is 1. The van der Waals surface area contributed by atoms with Crippen LogP contribution in [0.1, 0.15) is 37.3 Å². The number of unbranched alkanes of at least 4 members (excludes halogenated alkanes) is 1. The molecular weight excluding hydrogens is 386 g/mol. The van der Waals surface area contributed by atoms with Crippen molar-refractivity contribution in [2.24, 2.45) is 0 Å². The Morgan fingerprint density at radius 3 is 2.79 bits per heavy atom. The van der Waals surface area contributed by atoms with Gasteiger partial charge < -0.3 is 19.9 Å². The lowest BCUT2D eigenvalue weighted by molar-refractivity contribution is -0.129. The first-order valence-electron chi connectivity index (χ1n) is 10.5. The average Bonchev–Trinajstić information content (AvgIpc) is 2.77. The van der Waals surface area contributed by atoms with Crippen molar-refractivity contribution in [2.45, 2.75) is 44.3 Å². The van der Waals surface area contributed by atoms with E-state index in [9.17, 15) is 5.11 Å². The molecule has 158 valence electrons. The van der Waals surface area contributed by atoms with Crippen LogP contribution in [-0.2, 0) is 21.5 Å². The van der Waals surface area contributed by atoms with E-state index in [4.69, 9.17) is 21.1 Å². The molecule has 0 saturated carbocycles. The van der Waals surface area contributed by atoms with Crippen molar-refractivity contribution in [3.63, 3.8) is 0 Å². The van der Waals surface area contributed by atoms with E-state index in [1.807, 2.05) is 18.2 Å². The summed E-state index contributed by atoms with van der Waals surface area (Å²) in [5.74, 6) is 0. The largest absolute Gasteiger partial charge is 0.385 e. The molecule has 0 unspecified atom stereocenters. The molecule has 0 bridgehead atoms. The molecule has 2 N–H and O–H groups in total. The molecule has 0 aliphatic carbocycles. The van der Waals surface area contributed by atoms with Gasteiger partial charge >= 0.3 is 0 Å². The van der Waals surface area contributed by atoms with E-state index in [-0.39, 0.29) is 6.10 Å². The van der Waals surface area contributed by atoms with E-state index in [0.29, 0.717) is 31.2 Å². The first-order chi connectivity index (χ1) is 14.1. The number of rotatable bonds is 9. The number of aryl methyl sites for hydroxylation is 1. The predicted molar refractivity (Wildman–Crippen MR) is 118 cm³/mol. The maximum absolute atomic E-state index is 12.0. The maximum Gasteiger partial charge on any atom is 0.118 e. The molecule has 29 heavy (non-hydrogen) atoms. The van der Waals surface area contributed by atoms with Crippen molar-refractivity contribution in [3.8, 4) is 11.1 Å². The molecule has 1 heterocycles. The molecule has 0 radical (unpaired) electrons. The van der Waals surface area contributed by atoms with Crippen molar-refractivity contribution in [3.05, 3.63) is 58.6 Å². The van der Waals surface area contributed by atoms with E-state index in [2.05, 4.69) is 36.5 Å². The van der Waals surface area contributed by atoms with Gasteiger partial charge in [-0.1, -0.05) is 54.9 Å².